The van der Waals surface area contributed by atoms with Crippen molar-refractivity contribution in [1.29, 1.82) is 0 Å². The molecule has 1 saturated heterocycles. The number of hydroxylamine groups is 2. The lowest BCUT2D eigenvalue weighted by atomic mass is 10.0. The maximum atomic E-state index is 12.4. The van der Waals surface area contributed by atoms with Crippen LogP contribution < -0.4 is 0 Å². The molecule has 1 atom stereocenters. The van der Waals surface area contributed by atoms with Crippen LogP contribution in [-0.4, -0.2) is 63.0 Å². The third-order valence-electron chi connectivity index (χ3n) is 4.07. The summed E-state index contributed by atoms with van der Waals surface area (Å²) in [5.41, 5.74) is 1.01. The zero-order valence-corrected chi connectivity index (χ0v) is 17.3. The number of piperidine rings is 1. The Bertz CT molecular complexity index is 809. The Kier molecular flexibility index (Phi) is 8.47. The number of ether oxygens (including phenoxy) is 1. The summed E-state index contributed by atoms with van der Waals surface area (Å²) in [6.07, 6.45) is 0.450. The predicted octanol–water partition coefficient (Wildman–Crippen LogP) is 2.75. The number of aryl methyl sites for hydroxylation is 1. The average Bonchev–Trinajstić information content (AvgIpc) is 3.12. The minimum absolute atomic E-state index is 0.0278. The second kappa shape index (κ2) is 10.6. The van der Waals surface area contributed by atoms with E-state index >= 15 is 0 Å². The molecular weight excluding hydrogens is 427 g/mol. The van der Waals surface area contributed by atoms with Crippen molar-refractivity contribution in [3.63, 3.8) is 0 Å². The van der Waals surface area contributed by atoms with E-state index in [2.05, 4.69) is 9.94 Å². The van der Waals surface area contributed by atoms with Gasteiger partial charge in [-0.15, -0.1) is 5.06 Å². The first kappa shape index (κ1) is 23.9. The van der Waals surface area contributed by atoms with Crippen LogP contribution in [0.1, 0.15) is 37.0 Å². The van der Waals surface area contributed by atoms with E-state index in [-0.39, 0.29) is 30.1 Å². The number of halogens is 3. The topological polar surface area (TPSA) is 90.7 Å². The third-order valence-corrected chi connectivity index (χ3v) is 5.23. The van der Waals surface area contributed by atoms with Crippen LogP contribution in [0.5, 0.6) is 0 Å². The van der Waals surface area contributed by atoms with Crippen molar-refractivity contribution in [3.05, 3.63) is 29.6 Å². The number of carbonyl (C=O) groups excluding carboxylic acids is 3. The number of alkyl halides is 3. The minimum atomic E-state index is -5.08. The van der Waals surface area contributed by atoms with E-state index in [0.29, 0.717) is 30.5 Å². The third kappa shape index (κ3) is 7.17. The SMILES string of the molecule is CCOC(=O)c1cnn(CC/C=C2\CN(OC(=O)C(F)(F)F)CCC2SC(C)=O)c1. The van der Waals surface area contributed by atoms with E-state index in [1.165, 1.54) is 19.3 Å². The van der Waals surface area contributed by atoms with Gasteiger partial charge in [-0.1, -0.05) is 17.8 Å². The number of allylic oxidation sites excluding steroid dienone is 1. The van der Waals surface area contributed by atoms with Crippen LogP contribution in [0.4, 0.5) is 13.2 Å². The lowest BCUT2D eigenvalue weighted by molar-refractivity contribution is -0.238. The summed E-state index contributed by atoms with van der Waals surface area (Å²) in [5, 5.41) is 4.70. The molecule has 1 aromatic heterocycles. The second-order valence-electron chi connectivity index (χ2n) is 6.41. The van der Waals surface area contributed by atoms with Gasteiger partial charge in [0.15, 0.2) is 5.12 Å². The molecule has 1 aliphatic rings. The fourth-order valence-electron chi connectivity index (χ4n) is 2.80. The summed E-state index contributed by atoms with van der Waals surface area (Å²) in [6.45, 7) is 3.83. The average molecular weight is 449 g/mol. The maximum absolute atomic E-state index is 12.4. The normalized spacial score (nSPS) is 19.0. The number of carbonyl (C=O) groups is 3. The Labute approximate surface area is 175 Å². The molecule has 30 heavy (non-hydrogen) atoms. The molecule has 8 nitrogen and oxygen atoms in total. The smallest absolute Gasteiger partial charge is 0.462 e. The van der Waals surface area contributed by atoms with Crippen LogP contribution >= 0.6 is 11.8 Å². The Morgan fingerprint density at radius 1 is 1.37 bits per heavy atom. The lowest BCUT2D eigenvalue weighted by Crippen LogP contribution is -2.41. The zero-order valence-electron chi connectivity index (χ0n) is 16.5. The molecule has 2 rings (SSSR count). The molecule has 1 aliphatic heterocycles. The van der Waals surface area contributed by atoms with Crippen molar-refractivity contribution in [2.24, 2.45) is 0 Å². The molecule has 0 aliphatic carbocycles. The fraction of sp³-hybridized carbons (Fsp3) is 0.556. The molecule has 0 amide bonds. The van der Waals surface area contributed by atoms with E-state index in [4.69, 9.17) is 4.74 Å². The van der Waals surface area contributed by atoms with E-state index in [1.54, 1.807) is 17.7 Å². The molecule has 0 bridgehead atoms. The quantitative estimate of drug-likeness (QED) is 0.464. The number of aromatic nitrogens is 2. The largest absolute Gasteiger partial charge is 0.492 e. The molecule has 0 saturated carbocycles. The van der Waals surface area contributed by atoms with Crippen molar-refractivity contribution < 1.29 is 37.1 Å². The highest BCUT2D eigenvalue weighted by Crippen LogP contribution is 2.30. The van der Waals surface area contributed by atoms with Crippen LogP contribution in [0.3, 0.4) is 0 Å². The van der Waals surface area contributed by atoms with Gasteiger partial charge in [0, 0.05) is 31.5 Å². The maximum Gasteiger partial charge on any atom is 0.492 e. The highest BCUT2D eigenvalue weighted by molar-refractivity contribution is 8.14. The first-order valence-electron chi connectivity index (χ1n) is 9.20. The second-order valence-corrected chi connectivity index (χ2v) is 7.79. The van der Waals surface area contributed by atoms with Crippen molar-refractivity contribution in [2.75, 3.05) is 19.7 Å². The fourth-order valence-corrected chi connectivity index (χ4v) is 3.74. The van der Waals surface area contributed by atoms with Gasteiger partial charge in [0.05, 0.1) is 24.9 Å². The monoisotopic (exact) mass is 449 g/mol. The summed E-state index contributed by atoms with van der Waals surface area (Å²) in [4.78, 5) is 38.7. The Hall–Kier alpha value is -2.34. The molecule has 1 unspecified atom stereocenters. The highest BCUT2D eigenvalue weighted by atomic mass is 32.2. The first-order chi connectivity index (χ1) is 14.1. The molecule has 1 fully saturated rings. The Morgan fingerprint density at radius 3 is 2.73 bits per heavy atom. The van der Waals surface area contributed by atoms with Gasteiger partial charge in [0.2, 0.25) is 0 Å². The molecule has 0 N–H and O–H groups in total. The van der Waals surface area contributed by atoms with Gasteiger partial charge < -0.3 is 9.57 Å². The first-order valence-corrected chi connectivity index (χ1v) is 10.1. The van der Waals surface area contributed by atoms with E-state index in [0.717, 1.165) is 16.8 Å². The lowest BCUT2D eigenvalue weighted by Gasteiger charge is -2.32. The number of thioether (sulfide) groups is 1. The van der Waals surface area contributed by atoms with Crippen molar-refractivity contribution in [1.82, 2.24) is 14.8 Å². The van der Waals surface area contributed by atoms with E-state index in [1.807, 2.05) is 0 Å². The Morgan fingerprint density at radius 2 is 2.10 bits per heavy atom. The zero-order chi connectivity index (χ0) is 22.3. The van der Waals surface area contributed by atoms with Crippen LogP contribution in [0.2, 0.25) is 0 Å². The van der Waals surface area contributed by atoms with Gasteiger partial charge >= 0.3 is 18.1 Å². The standard InChI is InChI=1S/C18H22F3N3O5S/c1-3-28-16(26)14-9-22-23(10-14)7-4-5-13-11-24(29-17(27)18(19,20)21)8-6-15(13)30-12(2)25/h5,9-10,15H,3-4,6-8,11H2,1-2H3/b13-5+. The molecule has 1 aromatic rings. The van der Waals surface area contributed by atoms with Crippen molar-refractivity contribution in [3.8, 4) is 0 Å². The summed E-state index contributed by atoms with van der Waals surface area (Å²) < 4.78 is 43.8. The molecule has 12 heteroatoms. The van der Waals surface area contributed by atoms with Crippen LogP contribution in [0.15, 0.2) is 24.0 Å². The number of hydrogen-bond acceptors (Lipinski definition) is 8. The molecule has 166 valence electrons. The molecule has 0 spiro atoms. The number of hydrogen-bond donors (Lipinski definition) is 0. The van der Waals surface area contributed by atoms with Gasteiger partial charge in [-0.2, -0.15) is 18.3 Å². The van der Waals surface area contributed by atoms with Gasteiger partial charge in [-0.25, -0.2) is 9.59 Å². The van der Waals surface area contributed by atoms with Crippen LogP contribution in [-0.2, 0) is 25.7 Å². The van der Waals surface area contributed by atoms with E-state index < -0.39 is 18.1 Å². The van der Waals surface area contributed by atoms with Gasteiger partial charge in [0.1, 0.15) is 0 Å². The summed E-state index contributed by atoms with van der Waals surface area (Å²) in [6, 6.07) is 0. The van der Waals surface area contributed by atoms with Gasteiger partial charge in [-0.3, -0.25) is 9.48 Å². The summed E-state index contributed by atoms with van der Waals surface area (Å²) in [7, 11) is 0. The van der Waals surface area contributed by atoms with Gasteiger partial charge in [-0.05, 0) is 25.3 Å². The number of esters is 1. The summed E-state index contributed by atoms with van der Waals surface area (Å²) in [5.74, 6) is -2.75. The highest BCUT2D eigenvalue weighted by Gasteiger charge is 2.43. The summed E-state index contributed by atoms with van der Waals surface area (Å²) >= 11 is 1.09. The van der Waals surface area contributed by atoms with E-state index in [9.17, 15) is 27.6 Å². The predicted molar refractivity (Wildman–Crippen MR) is 101 cm³/mol. The molecule has 0 radical (unpaired) electrons. The Balaban J connectivity index is 2.01. The van der Waals surface area contributed by atoms with Crippen molar-refractivity contribution in [2.45, 2.75) is 44.7 Å². The van der Waals surface area contributed by atoms with Crippen LogP contribution in [0, 0.1) is 0 Å². The molecule has 2 heterocycles. The molecular formula is C18H22F3N3O5S. The number of rotatable bonds is 7. The number of nitrogens with zero attached hydrogens (tertiary/aromatic N) is 3. The van der Waals surface area contributed by atoms with Crippen LogP contribution in [0.25, 0.3) is 0 Å². The molecule has 0 aromatic carbocycles. The van der Waals surface area contributed by atoms with Crippen molar-refractivity contribution >= 4 is 28.8 Å². The van der Waals surface area contributed by atoms with Gasteiger partial charge in [0.25, 0.3) is 0 Å². The minimum Gasteiger partial charge on any atom is -0.462 e.